The molecule has 1 aromatic carbocycles. The summed E-state index contributed by atoms with van der Waals surface area (Å²) >= 11 is 3.13. The Morgan fingerprint density at radius 3 is 2.50 bits per heavy atom. The Balaban J connectivity index is 2.68. The number of nitrogens with zero attached hydrogens (tertiary/aromatic N) is 1. The molecule has 0 saturated heterocycles. The lowest BCUT2D eigenvalue weighted by Crippen LogP contribution is -2.39. The summed E-state index contributed by atoms with van der Waals surface area (Å²) in [5, 5.41) is 8.90. The zero-order chi connectivity index (χ0) is 13.9. The zero-order valence-corrected chi connectivity index (χ0v) is 11.1. The van der Waals surface area contributed by atoms with Gasteiger partial charge in [-0.25, -0.2) is 4.39 Å². The van der Waals surface area contributed by atoms with Crippen molar-refractivity contribution in [3.8, 4) is 0 Å². The maximum absolute atomic E-state index is 13.4. The highest BCUT2D eigenvalue weighted by molar-refractivity contribution is 9.10. The first kappa shape index (κ1) is 15.4. The molecular weight excluding hydrogens is 318 g/mol. The zero-order valence-electron chi connectivity index (χ0n) is 9.51. The van der Waals surface area contributed by atoms with Crippen LogP contribution in [0.5, 0.6) is 0 Å². The number of benzene rings is 1. The second-order valence-corrected chi connectivity index (χ2v) is 4.81. The van der Waals surface area contributed by atoms with E-state index in [0.29, 0.717) is 4.47 Å². The maximum atomic E-state index is 13.4. The van der Waals surface area contributed by atoms with Crippen LogP contribution in [0.4, 0.5) is 17.6 Å². The van der Waals surface area contributed by atoms with Crippen LogP contribution in [0.25, 0.3) is 0 Å². The van der Waals surface area contributed by atoms with Crippen molar-refractivity contribution in [2.75, 3.05) is 13.6 Å². The van der Waals surface area contributed by atoms with Crippen LogP contribution in [0.2, 0.25) is 0 Å². The molecule has 2 nitrogen and oxygen atoms in total. The maximum Gasteiger partial charge on any atom is 0.415 e. The van der Waals surface area contributed by atoms with Crippen LogP contribution in [0.3, 0.4) is 0 Å². The standard InChI is InChI=1S/C11H12BrF4NO/c1-17(6-10(18)11(14,15)16)5-7-8(12)3-2-4-9(7)13/h2-4,10,18H,5-6H2,1H3. The molecule has 0 aliphatic heterocycles. The van der Waals surface area contributed by atoms with Crippen LogP contribution in [0, 0.1) is 5.82 Å². The summed E-state index contributed by atoms with van der Waals surface area (Å²) in [6, 6.07) is 4.33. The van der Waals surface area contributed by atoms with E-state index in [0.717, 1.165) is 0 Å². The first-order valence-corrected chi connectivity index (χ1v) is 5.87. The van der Waals surface area contributed by atoms with E-state index in [1.165, 1.54) is 24.1 Å². The first-order chi connectivity index (χ1) is 8.21. The molecule has 1 rings (SSSR count). The van der Waals surface area contributed by atoms with Gasteiger partial charge in [-0.2, -0.15) is 13.2 Å². The molecular formula is C11H12BrF4NO. The average molecular weight is 330 g/mol. The molecule has 0 heterocycles. The number of hydrogen-bond donors (Lipinski definition) is 1. The Kier molecular flexibility index (Phi) is 5.12. The molecule has 7 heteroatoms. The molecule has 0 aliphatic carbocycles. The van der Waals surface area contributed by atoms with Gasteiger partial charge in [0, 0.05) is 23.1 Å². The van der Waals surface area contributed by atoms with Gasteiger partial charge in [0.1, 0.15) is 5.82 Å². The van der Waals surface area contributed by atoms with E-state index < -0.39 is 24.6 Å². The van der Waals surface area contributed by atoms with Gasteiger partial charge < -0.3 is 5.11 Å². The first-order valence-electron chi connectivity index (χ1n) is 5.08. The number of aliphatic hydroxyl groups excluding tert-OH is 1. The number of rotatable bonds is 4. The lowest BCUT2D eigenvalue weighted by Gasteiger charge is -2.22. The van der Waals surface area contributed by atoms with Crippen molar-refractivity contribution < 1.29 is 22.7 Å². The van der Waals surface area contributed by atoms with Crippen molar-refractivity contribution in [1.82, 2.24) is 4.90 Å². The Bertz CT molecular complexity index is 390. The largest absolute Gasteiger partial charge is 0.415 e. The molecule has 0 fully saturated rings. The summed E-state index contributed by atoms with van der Waals surface area (Å²) in [6.45, 7) is -0.634. The Labute approximate surface area is 110 Å². The third-order valence-electron chi connectivity index (χ3n) is 2.35. The molecule has 0 spiro atoms. The van der Waals surface area contributed by atoms with Gasteiger partial charge in [0.05, 0.1) is 0 Å². The molecule has 1 unspecified atom stereocenters. The van der Waals surface area contributed by atoms with Crippen molar-refractivity contribution in [2.45, 2.75) is 18.8 Å². The summed E-state index contributed by atoms with van der Waals surface area (Å²) in [6.07, 6.45) is -7.10. The van der Waals surface area contributed by atoms with Crippen LogP contribution in [-0.4, -0.2) is 35.9 Å². The number of likely N-dealkylation sites (N-methyl/N-ethyl adjacent to an activating group) is 1. The molecule has 1 aromatic rings. The minimum atomic E-state index is -4.67. The molecule has 102 valence electrons. The topological polar surface area (TPSA) is 23.5 Å². The molecule has 1 atom stereocenters. The van der Waals surface area contributed by atoms with Gasteiger partial charge in [-0.1, -0.05) is 22.0 Å². The Hall–Kier alpha value is -0.660. The van der Waals surface area contributed by atoms with Gasteiger partial charge in [0.2, 0.25) is 0 Å². The Morgan fingerprint density at radius 1 is 1.39 bits per heavy atom. The quantitative estimate of drug-likeness (QED) is 0.858. The van der Waals surface area contributed by atoms with Crippen molar-refractivity contribution in [2.24, 2.45) is 0 Å². The molecule has 0 saturated carbocycles. The number of aliphatic hydroxyl groups is 1. The highest BCUT2D eigenvalue weighted by atomic mass is 79.9. The number of halogens is 5. The Morgan fingerprint density at radius 2 is 2.00 bits per heavy atom. The van der Waals surface area contributed by atoms with E-state index in [1.807, 2.05) is 0 Å². The summed E-state index contributed by atoms with van der Waals surface area (Å²) in [5.74, 6) is -0.502. The second kappa shape index (κ2) is 5.99. The van der Waals surface area contributed by atoms with Gasteiger partial charge in [-0.15, -0.1) is 0 Å². The van der Waals surface area contributed by atoms with Crippen LogP contribution in [0.1, 0.15) is 5.56 Å². The normalized spacial score (nSPS) is 14.0. The van der Waals surface area contributed by atoms with Crippen LogP contribution in [0.15, 0.2) is 22.7 Å². The summed E-state index contributed by atoms with van der Waals surface area (Å²) in [5.41, 5.74) is 0.259. The fraction of sp³-hybridized carbons (Fsp3) is 0.455. The lowest BCUT2D eigenvalue weighted by atomic mass is 10.2. The van der Waals surface area contributed by atoms with Crippen LogP contribution < -0.4 is 0 Å². The summed E-state index contributed by atoms with van der Waals surface area (Å²) in [7, 11) is 1.38. The number of alkyl halides is 3. The summed E-state index contributed by atoms with van der Waals surface area (Å²) in [4.78, 5) is 1.21. The lowest BCUT2D eigenvalue weighted by molar-refractivity contribution is -0.207. The average Bonchev–Trinajstić information content (AvgIpc) is 2.22. The predicted molar refractivity (Wildman–Crippen MR) is 62.5 cm³/mol. The van der Waals surface area contributed by atoms with E-state index in [2.05, 4.69) is 15.9 Å². The minimum absolute atomic E-state index is 0.0274. The molecule has 0 radical (unpaired) electrons. The molecule has 0 bridgehead atoms. The SMILES string of the molecule is CN(Cc1c(F)cccc1Br)CC(O)C(F)(F)F. The van der Waals surface area contributed by atoms with Gasteiger partial charge in [-0.05, 0) is 19.2 Å². The van der Waals surface area contributed by atoms with E-state index >= 15 is 0 Å². The van der Waals surface area contributed by atoms with Gasteiger partial charge in [0.25, 0.3) is 0 Å². The van der Waals surface area contributed by atoms with Crippen LogP contribution in [-0.2, 0) is 6.54 Å². The molecule has 0 aromatic heterocycles. The van der Waals surface area contributed by atoms with Gasteiger partial charge >= 0.3 is 6.18 Å². The number of hydrogen-bond acceptors (Lipinski definition) is 2. The highest BCUT2D eigenvalue weighted by Crippen LogP contribution is 2.23. The molecule has 1 N–H and O–H groups in total. The monoisotopic (exact) mass is 329 g/mol. The predicted octanol–water partition coefficient (Wildman–Crippen LogP) is 2.94. The van der Waals surface area contributed by atoms with Crippen molar-refractivity contribution in [1.29, 1.82) is 0 Å². The molecule has 0 amide bonds. The van der Waals surface area contributed by atoms with Gasteiger partial charge in [-0.3, -0.25) is 4.90 Å². The molecule has 0 aliphatic rings. The van der Waals surface area contributed by atoms with E-state index in [-0.39, 0.29) is 12.1 Å². The van der Waals surface area contributed by atoms with Gasteiger partial charge in [0.15, 0.2) is 6.10 Å². The van der Waals surface area contributed by atoms with Crippen molar-refractivity contribution in [3.63, 3.8) is 0 Å². The van der Waals surface area contributed by atoms with Crippen LogP contribution >= 0.6 is 15.9 Å². The van der Waals surface area contributed by atoms with E-state index in [4.69, 9.17) is 5.11 Å². The minimum Gasteiger partial charge on any atom is -0.382 e. The summed E-state index contributed by atoms with van der Waals surface area (Å²) < 4.78 is 50.4. The third kappa shape index (κ3) is 4.22. The molecule has 18 heavy (non-hydrogen) atoms. The smallest absolute Gasteiger partial charge is 0.382 e. The van der Waals surface area contributed by atoms with Crippen molar-refractivity contribution >= 4 is 15.9 Å². The second-order valence-electron chi connectivity index (χ2n) is 3.95. The van der Waals surface area contributed by atoms with Crippen molar-refractivity contribution in [3.05, 3.63) is 34.1 Å². The fourth-order valence-corrected chi connectivity index (χ4v) is 1.88. The fourth-order valence-electron chi connectivity index (χ4n) is 1.42. The third-order valence-corrected chi connectivity index (χ3v) is 3.10. The van der Waals surface area contributed by atoms with E-state index in [9.17, 15) is 17.6 Å². The highest BCUT2D eigenvalue weighted by Gasteiger charge is 2.38. The van der Waals surface area contributed by atoms with E-state index in [1.54, 1.807) is 6.07 Å².